The van der Waals surface area contributed by atoms with Crippen LogP contribution in [0.4, 0.5) is 4.79 Å². The van der Waals surface area contributed by atoms with Crippen molar-refractivity contribution in [2.24, 2.45) is 0 Å². The summed E-state index contributed by atoms with van der Waals surface area (Å²) in [6.07, 6.45) is -0.538. The second kappa shape index (κ2) is 5.68. The third-order valence-corrected chi connectivity index (χ3v) is 2.75. The van der Waals surface area contributed by atoms with Gasteiger partial charge in [-0.2, -0.15) is 0 Å². The highest BCUT2D eigenvalue weighted by atomic mass is 16.5. The second-order valence-corrected chi connectivity index (χ2v) is 4.18. The molecule has 4 heteroatoms. The minimum absolute atomic E-state index is 0.153. The van der Waals surface area contributed by atoms with E-state index in [1.165, 1.54) is 12.7 Å². The summed E-state index contributed by atoms with van der Waals surface area (Å²) >= 11 is 0. The van der Waals surface area contributed by atoms with Gasteiger partial charge in [-0.25, -0.2) is 4.79 Å². The van der Waals surface area contributed by atoms with Crippen LogP contribution in [0.2, 0.25) is 0 Å². The number of nitrogens with one attached hydrogen (secondary N) is 1. The number of hydrogen-bond donors (Lipinski definition) is 2. The molecule has 1 atom stereocenters. The van der Waals surface area contributed by atoms with E-state index < -0.39 is 12.1 Å². The van der Waals surface area contributed by atoms with Crippen molar-refractivity contribution in [3.8, 4) is 0 Å². The van der Waals surface area contributed by atoms with Gasteiger partial charge in [-0.15, -0.1) is 0 Å². The van der Waals surface area contributed by atoms with E-state index in [0.29, 0.717) is 0 Å². The molecule has 0 bridgehead atoms. The zero-order valence-electron chi connectivity index (χ0n) is 10.7. The van der Waals surface area contributed by atoms with E-state index in [1.54, 1.807) is 0 Å². The molecule has 4 nitrogen and oxygen atoms in total. The van der Waals surface area contributed by atoms with Crippen molar-refractivity contribution in [2.45, 2.75) is 26.8 Å². The fraction of sp³-hybridized carbons (Fsp3) is 0.462. The van der Waals surface area contributed by atoms with Crippen LogP contribution in [-0.4, -0.2) is 24.9 Å². The first kappa shape index (κ1) is 13.5. The Labute approximate surface area is 102 Å². The van der Waals surface area contributed by atoms with Crippen LogP contribution < -0.4 is 5.32 Å². The van der Waals surface area contributed by atoms with Crippen molar-refractivity contribution in [2.75, 3.05) is 13.7 Å². The van der Waals surface area contributed by atoms with Gasteiger partial charge in [0.15, 0.2) is 0 Å². The molecule has 0 saturated heterocycles. The lowest BCUT2D eigenvalue weighted by Gasteiger charge is -2.20. The number of aliphatic hydroxyl groups is 1. The molecule has 94 valence electrons. The molecular formula is C13H19NO3. The largest absolute Gasteiger partial charge is 0.453 e. The van der Waals surface area contributed by atoms with Crippen molar-refractivity contribution in [1.29, 1.82) is 0 Å². The molecular weight excluding hydrogens is 218 g/mol. The number of ether oxygens (including phenoxy) is 1. The standard InChI is InChI=1S/C13H19NO3/c1-8-5-9(2)12(10(3)6-8)11(7-15)14-13(16)17-4/h5-6,11,15H,7H2,1-4H3,(H,14,16)/t11-/m1/s1. The number of methoxy groups -OCH3 is 1. The molecule has 17 heavy (non-hydrogen) atoms. The van der Waals surface area contributed by atoms with Crippen molar-refractivity contribution in [1.82, 2.24) is 5.32 Å². The molecule has 1 aromatic carbocycles. The van der Waals surface area contributed by atoms with Gasteiger partial charge in [0.25, 0.3) is 0 Å². The average molecular weight is 237 g/mol. The first-order valence-electron chi connectivity index (χ1n) is 5.52. The number of benzene rings is 1. The number of rotatable bonds is 3. The Morgan fingerprint density at radius 3 is 2.29 bits per heavy atom. The van der Waals surface area contributed by atoms with Gasteiger partial charge < -0.3 is 15.2 Å². The number of alkyl carbamates (subject to hydrolysis) is 1. The van der Waals surface area contributed by atoms with Gasteiger partial charge in [-0.3, -0.25) is 0 Å². The van der Waals surface area contributed by atoms with E-state index in [-0.39, 0.29) is 6.61 Å². The van der Waals surface area contributed by atoms with E-state index in [2.05, 4.69) is 10.1 Å². The van der Waals surface area contributed by atoms with Crippen molar-refractivity contribution < 1.29 is 14.6 Å². The Morgan fingerprint density at radius 2 is 1.88 bits per heavy atom. The van der Waals surface area contributed by atoms with Crippen LogP contribution >= 0.6 is 0 Å². The van der Waals surface area contributed by atoms with Gasteiger partial charge in [-0.1, -0.05) is 17.7 Å². The molecule has 0 saturated carbocycles. The van der Waals surface area contributed by atoms with Crippen molar-refractivity contribution >= 4 is 6.09 Å². The second-order valence-electron chi connectivity index (χ2n) is 4.18. The highest BCUT2D eigenvalue weighted by Crippen LogP contribution is 2.23. The number of hydrogen-bond acceptors (Lipinski definition) is 3. The van der Waals surface area contributed by atoms with Gasteiger partial charge in [0.05, 0.1) is 19.8 Å². The maximum absolute atomic E-state index is 11.2. The summed E-state index contributed by atoms with van der Waals surface area (Å²) in [6.45, 7) is 5.80. The predicted molar refractivity (Wildman–Crippen MR) is 66.0 cm³/mol. The van der Waals surface area contributed by atoms with E-state index in [0.717, 1.165) is 16.7 Å². The van der Waals surface area contributed by atoms with Crippen LogP contribution in [0.25, 0.3) is 0 Å². The normalized spacial score (nSPS) is 12.1. The molecule has 0 fully saturated rings. The van der Waals surface area contributed by atoms with Crippen molar-refractivity contribution in [3.63, 3.8) is 0 Å². The van der Waals surface area contributed by atoms with Crippen LogP contribution in [0, 0.1) is 20.8 Å². The fourth-order valence-corrected chi connectivity index (χ4v) is 2.15. The molecule has 0 aliphatic heterocycles. The summed E-state index contributed by atoms with van der Waals surface area (Å²) in [5, 5.41) is 12.0. The summed E-state index contributed by atoms with van der Waals surface area (Å²) in [5.74, 6) is 0. The molecule has 1 rings (SSSR count). The van der Waals surface area contributed by atoms with Crippen LogP contribution in [0.3, 0.4) is 0 Å². The quantitative estimate of drug-likeness (QED) is 0.845. The Balaban J connectivity index is 3.07. The molecule has 0 aromatic heterocycles. The Kier molecular flexibility index (Phi) is 4.52. The summed E-state index contributed by atoms with van der Waals surface area (Å²) in [4.78, 5) is 11.2. The number of amides is 1. The van der Waals surface area contributed by atoms with Gasteiger partial charge >= 0.3 is 6.09 Å². The molecule has 0 heterocycles. The van der Waals surface area contributed by atoms with Gasteiger partial charge in [-0.05, 0) is 37.5 Å². The topological polar surface area (TPSA) is 58.6 Å². The summed E-state index contributed by atoms with van der Waals surface area (Å²) in [6, 6.07) is 3.64. The van der Waals surface area contributed by atoms with Crippen LogP contribution in [0.5, 0.6) is 0 Å². The highest BCUT2D eigenvalue weighted by Gasteiger charge is 2.18. The molecule has 2 N–H and O–H groups in total. The lowest BCUT2D eigenvalue weighted by atomic mass is 9.94. The Bertz CT molecular complexity index is 392. The number of carbonyl (C=O) groups is 1. The monoisotopic (exact) mass is 237 g/mol. The van der Waals surface area contributed by atoms with Gasteiger partial charge in [0.2, 0.25) is 0 Å². The maximum atomic E-state index is 11.2. The summed E-state index contributed by atoms with van der Waals surface area (Å²) < 4.78 is 4.55. The van der Waals surface area contributed by atoms with Gasteiger partial charge in [0.1, 0.15) is 0 Å². The summed E-state index contributed by atoms with van der Waals surface area (Å²) in [5.41, 5.74) is 4.22. The van der Waals surface area contributed by atoms with Crippen LogP contribution in [0.1, 0.15) is 28.3 Å². The molecule has 0 aliphatic carbocycles. The SMILES string of the molecule is COC(=O)N[C@H](CO)c1c(C)cc(C)cc1C. The zero-order valence-corrected chi connectivity index (χ0v) is 10.7. The molecule has 1 amide bonds. The van der Waals surface area contributed by atoms with Crippen molar-refractivity contribution in [3.05, 3.63) is 34.4 Å². The molecule has 0 unspecified atom stereocenters. The Morgan fingerprint density at radius 1 is 1.35 bits per heavy atom. The smallest absolute Gasteiger partial charge is 0.407 e. The fourth-order valence-electron chi connectivity index (χ4n) is 2.15. The third-order valence-electron chi connectivity index (χ3n) is 2.75. The minimum atomic E-state index is -0.538. The number of aliphatic hydroxyl groups excluding tert-OH is 1. The Hall–Kier alpha value is -1.55. The van der Waals surface area contributed by atoms with E-state index in [9.17, 15) is 9.90 Å². The lowest BCUT2D eigenvalue weighted by molar-refractivity contribution is 0.157. The summed E-state index contributed by atoms with van der Waals surface area (Å²) in [7, 11) is 1.30. The van der Waals surface area contributed by atoms with E-state index in [1.807, 2.05) is 32.9 Å². The zero-order chi connectivity index (χ0) is 13.0. The lowest BCUT2D eigenvalue weighted by Crippen LogP contribution is -2.31. The maximum Gasteiger partial charge on any atom is 0.407 e. The first-order chi connectivity index (χ1) is 7.99. The van der Waals surface area contributed by atoms with Crippen LogP contribution in [-0.2, 0) is 4.74 Å². The highest BCUT2D eigenvalue weighted by molar-refractivity contribution is 5.68. The van der Waals surface area contributed by atoms with Gasteiger partial charge in [0, 0.05) is 0 Å². The number of aryl methyl sites for hydroxylation is 3. The molecule has 0 aliphatic rings. The number of carbonyl (C=O) groups excluding carboxylic acids is 1. The third kappa shape index (κ3) is 3.20. The molecule has 0 spiro atoms. The average Bonchev–Trinajstić information content (AvgIpc) is 2.25. The molecule has 0 radical (unpaired) electrons. The molecule has 1 aromatic rings. The van der Waals surface area contributed by atoms with Crippen LogP contribution in [0.15, 0.2) is 12.1 Å². The minimum Gasteiger partial charge on any atom is -0.453 e. The van der Waals surface area contributed by atoms with E-state index >= 15 is 0 Å². The first-order valence-corrected chi connectivity index (χ1v) is 5.52. The predicted octanol–water partition coefficient (Wildman–Crippen LogP) is 2.00. The van der Waals surface area contributed by atoms with E-state index in [4.69, 9.17) is 0 Å².